The Balaban J connectivity index is 1.55. The summed E-state index contributed by atoms with van der Waals surface area (Å²) in [6.45, 7) is 5.08. The van der Waals surface area contributed by atoms with E-state index in [9.17, 15) is 31.1 Å². The molecule has 1 aromatic heterocycles. The molecule has 1 amide bonds. The highest BCUT2D eigenvalue weighted by atomic mass is 19.4. The number of morpholine rings is 1. The fourth-order valence-electron chi connectivity index (χ4n) is 4.43. The zero-order valence-corrected chi connectivity index (χ0v) is 21.1. The van der Waals surface area contributed by atoms with Gasteiger partial charge < -0.3 is 10.1 Å². The van der Waals surface area contributed by atoms with E-state index in [1.165, 1.54) is 6.20 Å². The number of halogens is 6. The van der Waals surface area contributed by atoms with Crippen molar-refractivity contribution >= 4 is 5.91 Å². The predicted octanol–water partition coefficient (Wildman–Crippen LogP) is 5.90. The highest BCUT2D eigenvalue weighted by molar-refractivity contribution is 6.01. The Morgan fingerprint density at radius 3 is 2.21 bits per heavy atom. The number of alkyl halides is 6. The number of hydrogen-bond acceptors (Lipinski definition) is 4. The Hall–Kier alpha value is -3.44. The van der Waals surface area contributed by atoms with Crippen molar-refractivity contribution < 1.29 is 35.9 Å². The van der Waals surface area contributed by atoms with Crippen LogP contribution in [-0.4, -0.2) is 48.6 Å². The first-order chi connectivity index (χ1) is 18.4. The van der Waals surface area contributed by atoms with Crippen molar-refractivity contribution in [3.05, 3.63) is 88.2 Å². The fourth-order valence-corrected chi connectivity index (χ4v) is 4.43. The molecule has 0 aliphatic carbocycles. The average Bonchev–Trinajstić information content (AvgIpc) is 2.88. The Bertz CT molecular complexity index is 1290. The number of carbonyl (C=O) groups excluding carboxylic acids is 1. The Labute approximate surface area is 221 Å². The quantitative estimate of drug-likeness (QED) is 0.372. The van der Waals surface area contributed by atoms with Crippen molar-refractivity contribution in [2.45, 2.75) is 32.2 Å². The maximum absolute atomic E-state index is 13.2. The van der Waals surface area contributed by atoms with Crippen molar-refractivity contribution in [1.29, 1.82) is 0 Å². The van der Waals surface area contributed by atoms with E-state index in [0.717, 1.165) is 29.9 Å². The SMILES string of the molecule is Cc1ccccc1-c1cc(CN2CCOCC2)ncc1C(=O)NCCc1cc(C(F)(F)F)cc(C(F)(F)F)c1. The van der Waals surface area contributed by atoms with Crippen molar-refractivity contribution in [2.24, 2.45) is 0 Å². The molecule has 1 aliphatic rings. The first-order valence-corrected chi connectivity index (χ1v) is 12.3. The molecule has 11 heteroatoms. The van der Waals surface area contributed by atoms with Gasteiger partial charge in [-0.05, 0) is 59.9 Å². The first-order valence-electron chi connectivity index (χ1n) is 12.3. The number of hydrogen-bond donors (Lipinski definition) is 1. The van der Waals surface area contributed by atoms with Crippen LogP contribution < -0.4 is 5.32 Å². The Kier molecular flexibility index (Phi) is 8.60. The molecule has 3 aromatic rings. The number of benzene rings is 2. The lowest BCUT2D eigenvalue weighted by Gasteiger charge is -2.26. The van der Waals surface area contributed by atoms with Crippen LogP contribution in [0.3, 0.4) is 0 Å². The molecule has 39 heavy (non-hydrogen) atoms. The smallest absolute Gasteiger partial charge is 0.379 e. The first kappa shape index (κ1) is 28.6. The minimum absolute atomic E-state index is 0.0840. The number of nitrogens with zero attached hydrogens (tertiary/aromatic N) is 2. The van der Waals surface area contributed by atoms with Gasteiger partial charge in [-0.1, -0.05) is 24.3 Å². The molecule has 0 unspecified atom stereocenters. The van der Waals surface area contributed by atoms with Crippen LogP contribution in [0, 0.1) is 6.92 Å². The minimum atomic E-state index is -4.93. The van der Waals surface area contributed by atoms with Gasteiger partial charge in [-0.2, -0.15) is 26.3 Å². The molecule has 0 radical (unpaired) electrons. The van der Waals surface area contributed by atoms with Gasteiger partial charge in [0.05, 0.1) is 35.6 Å². The van der Waals surface area contributed by atoms with Crippen LogP contribution in [0.1, 0.15) is 38.3 Å². The molecule has 0 atom stereocenters. The summed E-state index contributed by atoms with van der Waals surface area (Å²) < 4.78 is 84.4. The molecule has 1 saturated heterocycles. The maximum Gasteiger partial charge on any atom is 0.416 e. The second kappa shape index (κ2) is 11.7. The van der Waals surface area contributed by atoms with E-state index in [-0.39, 0.29) is 30.2 Å². The molecular formula is C28H27F6N3O2. The van der Waals surface area contributed by atoms with Gasteiger partial charge in [-0.25, -0.2) is 0 Å². The number of amides is 1. The lowest BCUT2D eigenvalue weighted by atomic mass is 9.96. The third-order valence-electron chi connectivity index (χ3n) is 6.48. The Morgan fingerprint density at radius 1 is 0.949 bits per heavy atom. The lowest BCUT2D eigenvalue weighted by Crippen LogP contribution is -2.36. The van der Waals surface area contributed by atoms with Crippen LogP contribution in [0.15, 0.2) is 54.7 Å². The van der Waals surface area contributed by atoms with Crippen LogP contribution in [0.2, 0.25) is 0 Å². The summed E-state index contributed by atoms with van der Waals surface area (Å²) in [7, 11) is 0. The van der Waals surface area contributed by atoms with Crippen molar-refractivity contribution in [2.75, 3.05) is 32.8 Å². The topological polar surface area (TPSA) is 54.5 Å². The fraction of sp³-hybridized carbons (Fsp3) is 0.357. The van der Waals surface area contributed by atoms with Crippen molar-refractivity contribution in [1.82, 2.24) is 15.2 Å². The lowest BCUT2D eigenvalue weighted by molar-refractivity contribution is -0.143. The zero-order chi connectivity index (χ0) is 28.2. The van der Waals surface area contributed by atoms with E-state index in [1.54, 1.807) is 0 Å². The summed E-state index contributed by atoms with van der Waals surface area (Å²) >= 11 is 0. The van der Waals surface area contributed by atoms with Gasteiger partial charge in [0.2, 0.25) is 0 Å². The van der Waals surface area contributed by atoms with E-state index < -0.39 is 29.4 Å². The number of aromatic nitrogens is 1. The monoisotopic (exact) mass is 551 g/mol. The summed E-state index contributed by atoms with van der Waals surface area (Å²) in [6, 6.07) is 10.8. The van der Waals surface area contributed by atoms with Gasteiger partial charge in [0.1, 0.15) is 0 Å². The molecule has 0 bridgehead atoms. The second-order valence-electron chi connectivity index (χ2n) is 9.34. The summed E-state index contributed by atoms with van der Waals surface area (Å²) in [5.41, 5.74) is 0.448. The summed E-state index contributed by atoms with van der Waals surface area (Å²) in [6.07, 6.45) is -8.63. The second-order valence-corrected chi connectivity index (χ2v) is 9.34. The molecule has 1 aliphatic heterocycles. The van der Waals surface area contributed by atoms with E-state index in [0.29, 0.717) is 37.5 Å². The van der Waals surface area contributed by atoms with Crippen molar-refractivity contribution in [3.8, 4) is 11.1 Å². The van der Waals surface area contributed by atoms with Crippen LogP contribution in [-0.2, 0) is 30.1 Å². The van der Waals surface area contributed by atoms with E-state index in [4.69, 9.17) is 4.74 Å². The summed E-state index contributed by atoms with van der Waals surface area (Å²) in [4.78, 5) is 19.8. The van der Waals surface area contributed by atoms with Gasteiger partial charge >= 0.3 is 12.4 Å². The Morgan fingerprint density at radius 2 is 1.59 bits per heavy atom. The minimum Gasteiger partial charge on any atom is -0.379 e. The predicted molar refractivity (Wildman–Crippen MR) is 133 cm³/mol. The van der Waals surface area contributed by atoms with Gasteiger partial charge in [0.25, 0.3) is 5.91 Å². The molecular weight excluding hydrogens is 524 g/mol. The third kappa shape index (κ3) is 7.36. The molecule has 5 nitrogen and oxygen atoms in total. The normalized spacial score (nSPS) is 14.8. The maximum atomic E-state index is 13.2. The van der Waals surface area contributed by atoms with Crippen LogP contribution in [0.5, 0.6) is 0 Å². The standard InChI is InChI=1S/C28H27F6N3O2/c1-18-4-2-3-5-23(18)24-15-22(17-37-8-10-39-11-9-37)36-16-25(24)26(38)35-7-6-19-12-20(27(29,30)31)14-21(13-19)28(32,33)34/h2-5,12-16H,6-11,17H2,1H3,(H,35,38). The van der Waals surface area contributed by atoms with Gasteiger partial charge in [-0.3, -0.25) is 14.7 Å². The van der Waals surface area contributed by atoms with E-state index in [2.05, 4.69) is 15.2 Å². The van der Waals surface area contributed by atoms with Gasteiger partial charge in [-0.15, -0.1) is 0 Å². The third-order valence-corrected chi connectivity index (χ3v) is 6.48. The molecule has 208 valence electrons. The number of nitrogens with one attached hydrogen (secondary N) is 1. The van der Waals surface area contributed by atoms with E-state index >= 15 is 0 Å². The van der Waals surface area contributed by atoms with Crippen LogP contribution in [0.4, 0.5) is 26.3 Å². The molecule has 1 fully saturated rings. The highest BCUT2D eigenvalue weighted by Crippen LogP contribution is 2.36. The molecule has 2 heterocycles. The number of aryl methyl sites for hydroxylation is 1. The summed E-state index contributed by atoms with van der Waals surface area (Å²) in [5, 5.41) is 2.63. The van der Waals surface area contributed by atoms with Crippen LogP contribution >= 0.6 is 0 Å². The number of ether oxygens (including phenoxy) is 1. The average molecular weight is 552 g/mol. The zero-order valence-electron chi connectivity index (χ0n) is 21.1. The molecule has 2 aromatic carbocycles. The molecule has 0 saturated carbocycles. The molecule has 4 rings (SSSR count). The summed E-state index contributed by atoms with van der Waals surface area (Å²) in [5.74, 6) is -0.526. The number of carbonyl (C=O) groups is 1. The van der Waals surface area contributed by atoms with E-state index in [1.807, 2.05) is 37.3 Å². The molecule has 0 spiro atoms. The molecule has 1 N–H and O–H groups in total. The highest BCUT2D eigenvalue weighted by Gasteiger charge is 2.36. The van der Waals surface area contributed by atoms with Gasteiger partial charge in [0.15, 0.2) is 0 Å². The largest absolute Gasteiger partial charge is 0.416 e. The van der Waals surface area contributed by atoms with Gasteiger partial charge in [0, 0.05) is 32.4 Å². The van der Waals surface area contributed by atoms with Crippen LogP contribution in [0.25, 0.3) is 11.1 Å². The number of rotatable bonds is 7. The van der Waals surface area contributed by atoms with Crippen molar-refractivity contribution in [3.63, 3.8) is 0 Å². The number of pyridine rings is 1.